The van der Waals surface area contributed by atoms with E-state index in [4.69, 9.17) is 4.74 Å². The molecule has 6 atom stereocenters. The average molecular weight is 596 g/mol. The predicted octanol–water partition coefficient (Wildman–Crippen LogP) is 3.34. The molecule has 1 aromatic rings. The number of carbonyl (C=O) groups is 4. The van der Waals surface area contributed by atoms with E-state index in [0.717, 1.165) is 30.4 Å². The summed E-state index contributed by atoms with van der Waals surface area (Å²) < 4.78 is 5.69. The highest BCUT2D eigenvalue weighted by Crippen LogP contribution is 2.33. The van der Waals surface area contributed by atoms with E-state index in [1.165, 1.54) is 5.01 Å². The summed E-state index contributed by atoms with van der Waals surface area (Å²) in [5, 5.41) is 7.17. The second-order valence-corrected chi connectivity index (χ2v) is 12.5. The number of allylic oxidation sites excluding steroid dienone is 1. The molecule has 43 heavy (non-hydrogen) atoms. The SMILES string of the molecule is CO[C@@H]1CC/C=C/c2cccc(c2)[C@H]2CCCCN2C(=O)[C@@H]2CCCN(N2)C(=O)[C@H](C)NC(=O)[C@H](C(C)C)NC(=O)[C@@H]1C. The Bertz CT molecular complexity index is 1190. The molecule has 3 N–H and O–H groups in total. The third kappa shape index (κ3) is 8.03. The fourth-order valence-corrected chi connectivity index (χ4v) is 6.37. The van der Waals surface area contributed by atoms with Gasteiger partial charge >= 0.3 is 0 Å². The first-order valence-corrected chi connectivity index (χ1v) is 15.9. The molecular formula is C33H49N5O5. The maximum Gasteiger partial charge on any atom is 0.258 e. The van der Waals surface area contributed by atoms with Gasteiger partial charge in [-0.25, -0.2) is 5.43 Å². The smallest absolute Gasteiger partial charge is 0.258 e. The zero-order valence-corrected chi connectivity index (χ0v) is 26.3. The number of benzene rings is 1. The minimum atomic E-state index is -0.841. The number of nitrogens with zero attached hydrogens (tertiary/aromatic N) is 2. The van der Waals surface area contributed by atoms with E-state index in [-0.39, 0.29) is 35.8 Å². The summed E-state index contributed by atoms with van der Waals surface area (Å²) in [6, 6.07) is 6.15. The Kier molecular flexibility index (Phi) is 11.4. The molecule has 3 heterocycles. The molecule has 236 valence electrons. The maximum absolute atomic E-state index is 13.9. The molecule has 4 bridgehead atoms. The molecule has 0 aromatic heterocycles. The molecular weight excluding hydrogens is 546 g/mol. The number of amides is 4. The van der Waals surface area contributed by atoms with Crippen molar-refractivity contribution in [2.75, 3.05) is 20.2 Å². The molecule has 3 aliphatic rings. The molecule has 0 aliphatic carbocycles. The van der Waals surface area contributed by atoms with E-state index in [2.05, 4.69) is 46.4 Å². The summed E-state index contributed by atoms with van der Waals surface area (Å²) in [6.45, 7) is 8.29. The van der Waals surface area contributed by atoms with Gasteiger partial charge in [0.25, 0.3) is 5.91 Å². The standard InChI is InChI=1S/C33H49N5O5/c1-21(2)29-31(40)34-23(4)32(41)38-19-11-15-26(36-38)33(42)37-18-9-8-16-27(37)25-14-10-13-24(20-25)12-6-7-17-28(43-5)22(3)30(39)35-29/h6,10,12-14,20-23,26-29,36H,7-9,11,15-19H2,1-5H3,(H,34,40)(H,35,39)/b12-6+/t22-,23+,26+,27-,28-,29+/m1/s1. The van der Waals surface area contributed by atoms with E-state index in [1.54, 1.807) is 14.0 Å². The first-order chi connectivity index (χ1) is 20.6. The zero-order chi connectivity index (χ0) is 31.1. The van der Waals surface area contributed by atoms with Gasteiger partial charge in [0.05, 0.1) is 18.1 Å². The van der Waals surface area contributed by atoms with Gasteiger partial charge in [0.1, 0.15) is 18.1 Å². The predicted molar refractivity (Wildman–Crippen MR) is 165 cm³/mol. The van der Waals surface area contributed by atoms with Crippen molar-refractivity contribution in [1.29, 1.82) is 0 Å². The molecule has 10 nitrogen and oxygen atoms in total. The summed E-state index contributed by atoms with van der Waals surface area (Å²) >= 11 is 0. The number of methoxy groups -OCH3 is 1. The normalized spacial score (nSPS) is 30.9. The van der Waals surface area contributed by atoms with E-state index in [9.17, 15) is 19.2 Å². The second-order valence-electron chi connectivity index (χ2n) is 12.5. The van der Waals surface area contributed by atoms with Crippen LogP contribution in [-0.4, -0.2) is 78.0 Å². The van der Waals surface area contributed by atoms with Crippen LogP contribution in [0.1, 0.15) is 89.8 Å². The van der Waals surface area contributed by atoms with Crippen LogP contribution in [0.15, 0.2) is 30.3 Å². The number of nitrogens with one attached hydrogen (secondary N) is 3. The zero-order valence-electron chi connectivity index (χ0n) is 26.3. The van der Waals surface area contributed by atoms with Gasteiger partial charge in [-0.3, -0.25) is 24.2 Å². The monoisotopic (exact) mass is 595 g/mol. The minimum Gasteiger partial charge on any atom is -0.381 e. The van der Waals surface area contributed by atoms with E-state index < -0.39 is 30.0 Å². The number of hydrogen-bond donors (Lipinski definition) is 3. The van der Waals surface area contributed by atoms with Crippen LogP contribution in [0.2, 0.25) is 0 Å². The molecule has 0 unspecified atom stereocenters. The Morgan fingerprint density at radius 3 is 2.44 bits per heavy atom. The number of piperidine rings is 1. The number of ether oxygens (including phenoxy) is 1. The Morgan fingerprint density at radius 2 is 1.70 bits per heavy atom. The van der Waals surface area contributed by atoms with Gasteiger partial charge in [-0.15, -0.1) is 0 Å². The van der Waals surface area contributed by atoms with Crippen molar-refractivity contribution in [3.8, 4) is 0 Å². The Balaban J connectivity index is 1.63. The van der Waals surface area contributed by atoms with Gasteiger partial charge in [0.15, 0.2) is 0 Å². The lowest BCUT2D eigenvalue weighted by Crippen LogP contribution is -2.62. The van der Waals surface area contributed by atoms with Gasteiger partial charge in [-0.05, 0) is 75.0 Å². The van der Waals surface area contributed by atoms with Crippen molar-refractivity contribution >= 4 is 29.7 Å². The number of fused-ring (bicyclic) bond motifs is 6. The molecule has 2 saturated heterocycles. The topological polar surface area (TPSA) is 120 Å². The van der Waals surface area contributed by atoms with Gasteiger partial charge < -0.3 is 20.3 Å². The van der Waals surface area contributed by atoms with Crippen molar-refractivity contribution in [1.82, 2.24) is 26.0 Å². The second kappa shape index (κ2) is 15.0. The molecule has 0 saturated carbocycles. The first-order valence-electron chi connectivity index (χ1n) is 15.9. The highest BCUT2D eigenvalue weighted by Gasteiger charge is 2.37. The Morgan fingerprint density at radius 1 is 0.907 bits per heavy atom. The van der Waals surface area contributed by atoms with E-state index >= 15 is 0 Å². The fraction of sp³-hybridized carbons (Fsp3) is 0.636. The van der Waals surface area contributed by atoms with Crippen molar-refractivity contribution in [2.24, 2.45) is 11.8 Å². The lowest BCUT2D eigenvalue weighted by molar-refractivity contribution is -0.147. The number of carbonyl (C=O) groups excluding carboxylic acids is 4. The van der Waals surface area contributed by atoms with Crippen LogP contribution in [0.25, 0.3) is 6.08 Å². The van der Waals surface area contributed by atoms with Crippen LogP contribution in [0.4, 0.5) is 0 Å². The molecule has 0 radical (unpaired) electrons. The summed E-state index contributed by atoms with van der Waals surface area (Å²) in [4.78, 5) is 55.9. The minimum absolute atomic E-state index is 0.00397. The number of rotatable bonds is 2. The number of hydrogen-bond acceptors (Lipinski definition) is 6. The van der Waals surface area contributed by atoms with Crippen LogP contribution < -0.4 is 16.1 Å². The Labute approximate surface area is 255 Å². The summed E-state index contributed by atoms with van der Waals surface area (Å²) in [7, 11) is 1.60. The highest BCUT2D eigenvalue weighted by molar-refractivity contribution is 5.92. The van der Waals surface area contributed by atoms with Gasteiger partial charge in [-0.1, -0.05) is 51.1 Å². The molecule has 1 aromatic carbocycles. The largest absolute Gasteiger partial charge is 0.381 e. The fourth-order valence-electron chi connectivity index (χ4n) is 6.37. The van der Waals surface area contributed by atoms with Crippen LogP contribution in [0.5, 0.6) is 0 Å². The Hall–Kier alpha value is -3.24. The molecule has 3 aliphatic heterocycles. The summed E-state index contributed by atoms with van der Waals surface area (Å²) in [6.07, 6.45) is 9.41. The van der Waals surface area contributed by atoms with E-state index in [1.807, 2.05) is 31.7 Å². The first kappa shape index (κ1) is 32.7. The quantitative estimate of drug-likeness (QED) is 0.483. The average Bonchev–Trinajstić information content (AvgIpc) is 3.02. The van der Waals surface area contributed by atoms with Crippen LogP contribution >= 0.6 is 0 Å². The van der Waals surface area contributed by atoms with Crippen molar-refractivity contribution in [2.45, 2.75) is 103 Å². The summed E-state index contributed by atoms with van der Waals surface area (Å²) in [5.74, 6) is -1.67. The molecule has 10 heteroatoms. The molecule has 2 fully saturated rings. The van der Waals surface area contributed by atoms with E-state index in [0.29, 0.717) is 38.8 Å². The third-order valence-electron chi connectivity index (χ3n) is 9.01. The van der Waals surface area contributed by atoms with Gasteiger partial charge in [-0.2, -0.15) is 0 Å². The molecule has 0 spiro atoms. The van der Waals surface area contributed by atoms with Crippen LogP contribution in [0.3, 0.4) is 0 Å². The maximum atomic E-state index is 13.9. The van der Waals surface area contributed by atoms with Crippen molar-refractivity contribution < 1.29 is 23.9 Å². The highest BCUT2D eigenvalue weighted by atomic mass is 16.5. The van der Waals surface area contributed by atoms with Crippen LogP contribution in [-0.2, 0) is 23.9 Å². The van der Waals surface area contributed by atoms with Gasteiger partial charge in [0, 0.05) is 20.2 Å². The van der Waals surface area contributed by atoms with Crippen molar-refractivity contribution in [3.63, 3.8) is 0 Å². The number of hydrazine groups is 1. The van der Waals surface area contributed by atoms with Gasteiger partial charge in [0.2, 0.25) is 17.7 Å². The van der Waals surface area contributed by atoms with Crippen LogP contribution in [0, 0.1) is 11.8 Å². The van der Waals surface area contributed by atoms with Crippen molar-refractivity contribution in [3.05, 3.63) is 41.5 Å². The summed E-state index contributed by atoms with van der Waals surface area (Å²) in [5.41, 5.74) is 5.35. The molecule has 4 amide bonds. The lowest BCUT2D eigenvalue weighted by atomic mass is 9.92. The molecule has 4 rings (SSSR count). The lowest BCUT2D eigenvalue weighted by Gasteiger charge is -2.41. The third-order valence-corrected chi connectivity index (χ3v) is 9.01.